The number of aliphatic hydroxyl groups excluding tert-OH is 1. The number of sulfonamides is 1. The van der Waals surface area contributed by atoms with Gasteiger partial charge in [-0.15, -0.1) is 0 Å². The summed E-state index contributed by atoms with van der Waals surface area (Å²) in [6.07, 6.45) is 0. The van der Waals surface area contributed by atoms with E-state index in [1.807, 2.05) is 0 Å². The molecular formula is C14H13ClFNO3S. The molecule has 0 amide bonds. The Balaban J connectivity index is 2.41. The van der Waals surface area contributed by atoms with Gasteiger partial charge < -0.3 is 5.11 Å². The quantitative estimate of drug-likeness (QED) is 0.906. The Labute approximate surface area is 127 Å². The van der Waals surface area contributed by atoms with Crippen LogP contribution >= 0.6 is 11.6 Å². The molecule has 112 valence electrons. The van der Waals surface area contributed by atoms with Crippen molar-refractivity contribution in [1.29, 1.82) is 0 Å². The third kappa shape index (κ3) is 3.34. The van der Waals surface area contributed by atoms with Crippen LogP contribution in [0.25, 0.3) is 0 Å². The third-order valence-electron chi connectivity index (χ3n) is 3.01. The fraction of sp³-hybridized carbons (Fsp3) is 0.143. The predicted molar refractivity (Wildman–Crippen MR) is 79.3 cm³/mol. The first-order chi connectivity index (χ1) is 9.85. The van der Waals surface area contributed by atoms with Gasteiger partial charge in [0.15, 0.2) is 0 Å². The van der Waals surface area contributed by atoms with Crippen molar-refractivity contribution >= 4 is 27.3 Å². The first kappa shape index (κ1) is 15.8. The molecule has 0 aliphatic carbocycles. The van der Waals surface area contributed by atoms with Crippen LogP contribution in [0.1, 0.15) is 11.1 Å². The number of halogens is 2. The molecule has 0 saturated carbocycles. The lowest BCUT2D eigenvalue weighted by atomic mass is 10.2. The number of aliphatic hydroxyl groups is 1. The first-order valence-corrected chi connectivity index (χ1v) is 7.88. The zero-order valence-electron chi connectivity index (χ0n) is 11.1. The summed E-state index contributed by atoms with van der Waals surface area (Å²) in [5.74, 6) is -0.498. The second-order valence-corrected chi connectivity index (χ2v) is 6.52. The zero-order chi connectivity index (χ0) is 15.6. The van der Waals surface area contributed by atoms with E-state index in [4.69, 9.17) is 16.7 Å². The summed E-state index contributed by atoms with van der Waals surface area (Å²) in [6, 6.07) is 8.12. The minimum atomic E-state index is -3.89. The Morgan fingerprint density at radius 2 is 2.00 bits per heavy atom. The van der Waals surface area contributed by atoms with Gasteiger partial charge in [-0.1, -0.05) is 17.7 Å². The SMILES string of the molecule is Cc1c(F)cccc1NS(=O)(=O)c1ccc(Cl)c(CO)c1. The lowest BCUT2D eigenvalue weighted by molar-refractivity contribution is 0.281. The van der Waals surface area contributed by atoms with Crippen LogP contribution in [-0.2, 0) is 16.6 Å². The first-order valence-electron chi connectivity index (χ1n) is 6.02. The average molecular weight is 330 g/mol. The van der Waals surface area contributed by atoms with Crippen LogP contribution in [0.5, 0.6) is 0 Å². The zero-order valence-corrected chi connectivity index (χ0v) is 12.7. The van der Waals surface area contributed by atoms with Crippen LogP contribution in [0, 0.1) is 12.7 Å². The molecule has 0 aliphatic heterocycles. The molecule has 4 nitrogen and oxygen atoms in total. The summed E-state index contributed by atoms with van der Waals surface area (Å²) in [5.41, 5.74) is 0.670. The van der Waals surface area contributed by atoms with Crippen molar-refractivity contribution in [3.05, 3.63) is 58.4 Å². The highest BCUT2D eigenvalue weighted by Crippen LogP contribution is 2.24. The van der Waals surface area contributed by atoms with E-state index in [-0.39, 0.29) is 27.8 Å². The van der Waals surface area contributed by atoms with Gasteiger partial charge in [0.25, 0.3) is 10.0 Å². The number of benzene rings is 2. The van der Waals surface area contributed by atoms with E-state index in [9.17, 15) is 12.8 Å². The van der Waals surface area contributed by atoms with Crippen molar-refractivity contribution in [2.45, 2.75) is 18.4 Å². The van der Waals surface area contributed by atoms with Crippen LogP contribution in [0.15, 0.2) is 41.3 Å². The standard InChI is InChI=1S/C14H13ClFNO3S/c1-9-13(16)3-2-4-14(9)17-21(19,20)11-5-6-12(15)10(7-11)8-18/h2-7,17-18H,8H2,1H3. The summed E-state index contributed by atoms with van der Waals surface area (Å²) < 4.78 is 40.3. The molecule has 0 aliphatic rings. The van der Waals surface area contributed by atoms with E-state index in [0.29, 0.717) is 5.56 Å². The Bertz CT molecular complexity index is 778. The van der Waals surface area contributed by atoms with Gasteiger partial charge in [-0.25, -0.2) is 12.8 Å². The molecule has 0 fully saturated rings. The molecule has 2 rings (SSSR count). The number of nitrogens with one attached hydrogen (secondary N) is 1. The fourth-order valence-electron chi connectivity index (χ4n) is 1.76. The highest BCUT2D eigenvalue weighted by Gasteiger charge is 2.17. The molecule has 2 aromatic carbocycles. The Hall–Kier alpha value is -1.63. The van der Waals surface area contributed by atoms with Crippen molar-refractivity contribution < 1.29 is 17.9 Å². The van der Waals surface area contributed by atoms with E-state index < -0.39 is 15.8 Å². The van der Waals surface area contributed by atoms with Crippen molar-refractivity contribution in [3.8, 4) is 0 Å². The summed E-state index contributed by atoms with van der Waals surface area (Å²) in [4.78, 5) is -0.0559. The topological polar surface area (TPSA) is 66.4 Å². The van der Waals surface area contributed by atoms with Gasteiger partial charge in [-0.05, 0) is 42.8 Å². The van der Waals surface area contributed by atoms with E-state index in [0.717, 1.165) is 0 Å². The number of hydrogen-bond donors (Lipinski definition) is 2. The highest BCUT2D eigenvalue weighted by molar-refractivity contribution is 7.92. The van der Waals surface area contributed by atoms with Gasteiger partial charge in [0, 0.05) is 10.6 Å². The second kappa shape index (κ2) is 6.01. The Morgan fingerprint density at radius 1 is 1.29 bits per heavy atom. The molecular weight excluding hydrogens is 317 g/mol. The third-order valence-corrected chi connectivity index (χ3v) is 4.74. The molecule has 0 unspecified atom stereocenters. The van der Waals surface area contributed by atoms with E-state index in [2.05, 4.69) is 4.72 Å². The molecule has 0 radical (unpaired) electrons. The fourth-order valence-corrected chi connectivity index (χ4v) is 3.11. The molecule has 0 atom stereocenters. The smallest absolute Gasteiger partial charge is 0.261 e. The van der Waals surface area contributed by atoms with E-state index in [1.54, 1.807) is 0 Å². The Kier molecular flexibility index (Phi) is 4.51. The van der Waals surface area contributed by atoms with Crippen molar-refractivity contribution in [2.75, 3.05) is 4.72 Å². The van der Waals surface area contributed by atoms with Gasteiger partial charge in [0.2, 0.25) is 0 Å². The Morgan fingerprint density at radius 3 is 2.67 bits per heavy atom. The van der Waals surface area contributed by atoms with Crippen LogP contribution in [0.2, 0.25) is 5.02 Å². The van der Waals surface area contributed by atoms with Gasteiger partial charge in [-0.3, -0.25) is 4.72 Å². The van der Waals surface area contributed by atoms with Crippen molar-refractivity contribution in [3.63, 3.8) is 0 Å². The maximum absolute atomic E-state index is 13.4. The largest absolute Gasteiger partial charge is 0.392 e. The van der Waals surface area contributed by atoms with Crippen LogP contribution in [-0.4, -0.2) is 13.5 Å². The second-order valence-electron chi connectivity index (χ2n) is 4.43. The average Bonchev–Trinajstić information content (AvgIpc) is 2.44. The minimum Gasteiger partial charge on any atom is -0.392 e. The van der Waals surface area contributed by atoms with Gasteiger partial charge >= 0.3 is 0 Å². The van der Waals surface area contributed by atoms with Crippen LogP contribution in [0.4, 0.5) is 10.1 Å². The molecule has 2 aromatic rings. The number of anilines is 1. The predicted octanol–water partition coefficient (Wildman–Crippen LogP) is 3.08. The maximum Gasteiger partial charge on any atom is 0.261 e. The van der Waals surface area contributed by atoms with Crippen LogP contribution < -0.4 is 4.72 Å². The number of rotatable bonds is 4. The molecule has 0 bridgehead atoms. The lowest BCUT2D eigenvalue weighted by Crippen LogP contribution is -2.14. The van der Waals surface area contributed by atoms with E-state index in [1.165, 1.54) is 43.3 Å². The normalized spacial score (nSPS) is 11.4. The van der Waals surface area contributed by atoms with Gasteiger partial charge in [0.1, 0.15) is 5.82 Å². The van der Waals surface area contributed by atoms with Crippen molar-refractivity contribution in [2.24, 2.45) is 0 Å². The molecule has 7 heteroatoms. The van der Waals surface area contributed by atoms with Crippen molar-refractivity contribution in [1.82, 2.24) is 0 Å². The molecule has 0 saturated heterocycles. The summed E-state index contributed by atoms with van der Waals surface area (Å²) in [7, 11) is -3.89. The summed E-state index contributed by atoms with van der Waals surface area (Å²) in [5, 5.41) is 9.41. The summed E-state index contributed by atoms with van der Waals surface area (Å²) in [6.45, 7) is 1.11. The molecule has 0 spiro atoms. The monoisotopic (exact) mass is 329 g/mol. The number of hydrogen-bond acceptors (Lipinski definition) is 3. The molecule has 0 aromatic heterocycles. The highest BCUT2D eigenvalue weighted by atomic mass is 35.5. The van der Waals surface area contributed by atoms with Crippen LogP contribution in [0.3, 0.4) is 0 Å². The maximum atomic E-state index is 13.4. The van der Waals surface area contributed by atoms with Gasteiger partial charge in [0.05, 0.1) is 17.2 Å². The van der Waals surface area contributed by atoms with Gasteiger partial charge in [-0.2, -0.15) is 0 Å². The molecule has 2 N–H and O–H groups in total. The summed E-state index contributed by atoms with van der Waals surface area (Å²) >= 11 is 5.83. The van der Waals surface area contributed by atoms with E-state index >= 15 is 0 Å². The minimum absolute atomic E-state index is 0.0559. The molecule has 0 heterocycles. The molecule has 21 heavy (non-hydrogen) atoms. The lowest BCUT2D eigenvalue weighted by Gasteiger charge is -2.12.